The van der Waals surface area contributed by atoms with E-state index in [1.807, 2.05) is 28.9 Å². The largest absolute Gasteiger partial charge is 0.496 e. The topological polar surface area (TPSA) is 61.2 Å². The standard InChI is InChI=1S/C26H21BrN4O2/c1-15-7-9-16(10-8-15)24-22-23(30-26-28-14-29-31(24)26)18-5-3-4-6-20(18)33-25(22)17-11-12-21(32-2)19(27)13-17/h3-14,24-25H,1-2H3,(H,28,29,30). The van der Waals surface area contributed by atoms with Gasteiger partial charge in [-0.1, -0.05) is 48.0 Å². The van der Waals surface area contributed by atoms with Crippen LogP contribution in [0.15, 0.2) is 83.1 Å². The second-order valence-corrected chi connectivity index (χ2v) is 9.04. The van der Waals surface area contributed by atoms with Crippen molar-refractivity contribution in [1.29, 1.82) is 0 Å². The Bertz CT molecular complexity index is 1390. The van der Waals surface area contributed by atoms with Crippen molar-refractivity contribution >= 4 is 27.6 Å². The van der Waals surface area contributed by atoms with E-state index in [9.17, 15) is 0 Å². The Kier molecular flexibility index (Phi) is 4.73. The molecule has 3 heterocycles. The van der Waals surface area contributed by atoms with Gasteiger partial charge in [-0.05, 0) is 58.2 Å². The van der Waals surface area contributed by atoms with Crippen LogP contribution in [0.2, 0.25) is 0 Å². The molecular formula is C26H21BrN4O2. The molecule has 0 saturated heterocycles. The smallest absolute Gasteiger partial charge is 0.226 e. The lowest BCUT2D eigenvalue weighted by molar-refractivity contribution is 0.223. The molecule has 0 radical (unpaired) electrons. The van der Waals surface area contributed by atoms with E-state index in [-0.39, 0.29) is 12.1 Å². The van der Waals surface area contributed by atoms with Gasteiger partial charge < -0.3 is 14.8 Å². The molecule has 33 heavy (non-hydrogen) atoms. The summed E-state index contributed by atoms with van der Waals surface area (Å²) in [6.07, 6.45) is 1.27. The molecule has 0 amide bonds. The summed E-state index contributed by atoms with van der Waals surface area (Å²) in [6.45, 7) is 2.09. The van der Waals surface area contributed by atoms with Crippen LogP contribution in [0.3, 0.4) is 0 Å². The number of methoxy groups -OCH3 is 1. The van der Waals surface area contributed by atoms with Gasteiger partial charge in [-0.3, -0.25) is 0 Å². The van der Waals surface area contributed by atoms with Gasteiger partial charge in [-0.15, -0.1) is 0 Å². The van der Waals surface area contributed by atoms with Crippen molar-refractivity contribution in [2.75, 3.05) is 12.4 Å². The number of anilines is 1. The maximum Gasteiger partial charge on any atom is 0.226 e. The number of benzene rings is 3. The van der Waals surface area contributed by atoms with Gasteiger partial charge in [0.05, 0.1) is 17.3 Å². The van der Waals surface area contributed by atoms with E-state index >= 15 is 0 Å². The molecule has 2 unspecified atom stereocenters. The molecule has 164 valence electrons. The third-order valence-corrected chi connectivity index (χ3v) is 6.81. The average Bonchev–Trinajstić information content (AvgIpc) is 3.31. The van der Waals surface area contributed by atoms with Crippen molar-refractivity contribution in [1.82, 2.24) is 14.8 Å². The minimum absolute atomic E-state index is 0.168. The van der Waals surface area contributed by atoms with Crippen molar-refractivity contribution < 1.29 is 9.47 Å². The number of hydrogen-bond donors (Lipinski definition) is 1. The minimum Gasteiger partial charge on any atom is -0.496 e. The van der Waals surface area contributed by atoms with Gasteiger partial charge in [0.2, 0.25) is 5.95 Å². The Morgan fingerprint density at radius 3 is 2.61 bits per heavy atom. The number of ether oxygens (including phenoxy) is 2. The van der Waals surface area contributed by atoms with E-state index < -0.39 is 0 Å². The van der Waals surface area contributed by atoms with Crippen molar-refractivity contribution in [3.63, 3.8) is 0 Å². The van der Waals surface area contributed by atoms with Crippen molar-refractivity contribution in [3.05, 3.63) is 105 Å². The summed E-state index contributed by atoms with van der Waals surface area (Å²) in [7, 11) is 1.67. The van der Waals surface area contributed by atoms with Crippen LogP contribution in [0.25, 0.3) is 5.70 Å². The summed E-state index contributed by atoms with van der Waals surface area (Å²) < 4.78 is 14.9. The monoisotopic (exact) mass is 500 g/mol. The number of aromatic nitrogens is 3. The van der Waals surface area contributed by atoms with Gasteiger partial charge >= 0.3 is 0 Å². The molecule has 3 aromatic carbocycles. The predicted molar refractivity (Wildman–Crippen MR) is 130 cm³/mol. The number of nitrogens with one attached hydrogen (secondary N) is 1. The van der Waals surface area contributed by atoms with E-state index in [1.54, 1.807) is 13.4 Å². The minimum atomic E-state index is -0.326. The van der Waals surface area contributed by atoms with Crippen molar-refractivity contribution in [2.24, 2.45) is 0 Å². The molecule has 7 heteroatoms. The lowest BCUT2D eigenvalue weighted by Crippen LogP contribution is -2.32. The van der Waals surface area contributed by atoms with Gasteiger partial charge in [0.25, 0.3) is 0 Å². The number of para-hydroxylation sites is 1. The Morgan fingerprint density at radius 1 is 1.03 bits per heavy atom. The highest BCUT2D eigenvalue weighted by Crippen LogP contribution is 2.51. The van der Waals surface area contributed by atoms with E-state index in [2.05, 4.69) is 80.7 Å². The molecule has 1 aromatic heterocycles. The SMILES string of the molecule is COc1ccc(C2Oc3ccccc3C3=C2C(c2ccc(C)cc2)n2ncnc2N3)cc1Br. The Hall–Kier alpha value is -3.58. The number of fused-ring (bicyclic) bond motifs is 3. The lowest BCUT2D eigenvalue weighted by Gasteiger charge is -2.39. The number of rotatable bonds is 3. The van der Waals surface area contributed by atoms with Crippen LogP contribution < -0.4 is 14.8 Å². The van der Waals surface area contributed by atoms with E-state index in [0.29, 0.717) is 5.95 Å². The van der Waals surface area contributed by atoms with Gasteiger partial charge in [-0.25, -0.2) is 4.68 Å². The highest BCUT2D eigenvalue weighted by Gasteiger charge is 2.40. The Labute approximate surface area is 200 Å². The number of halogens is 1. The van der Waals surface area contributed by atoms with Gasteiger partial charge in [0.1, 0.15) is 30.0 Å². The maximum atomic E-state index is 6.66. The molecule has 2 aliphatic heterocycles. The first-order valence-corrected chi connectivity index (χ1v) is 11.5. The molecule has 0 aliphatic carbocycles. The third-order valence-electron chi connectivity index (χ3n) is 6.19. The Morgan fingerprint density at radius 2 is 1.82 bits per heavy atom. The fraction of sp³-hybridized carbons (Fsp3) is 0.154. The quantitative estimate of drug-likeness (QED) is 0.378. The second-order valence-electron chi connectivity index (χ2n) is 8.18. The highest BCUT2D eigenvalue weighted by molar-refractivity contribution is 9.10. The van der Waals surface area contributed by atoms with Crippen molar-refractivity contribution in [2.45, 2.75) is 19.1 Å². The second kappa shape index (κ2) is 7.78. The van der Waals surface area contributed by atoms with E-state index in [1.165, 1.54) is 5.56 Å². The van der Waals surface area contributed by atoms with Crippen LogP contribution in [0.1, 0.15) is 34.4 Å². The van der Waals surface area contributed by atoms with E-state index in [0.717, 1.165) is 43.9 Å². The van der Waals surface area contributed by atoms with Crippen LogP contribution in [0, 0.1) is 6.92 Å². The first-order chi connectivity index (χ1) is 16.1. The maximum absolute atomic E-state index is 6.66. The molecule has 0 fully saturated rings. The van der Waals surface area contributed by atoms with Crippen LogP contribution in [-0.2, 0) is 0 Å². The normalized spacial score (nSPS) is 18.5. The average molecular weight is 501 g/mol. The van der Waals surface area contributed by atoms with E-state index in [4.69, 9.17) is 9.47 Å². The zero-order chi connectivity index (χ0) is 22.5. The van der Waals surface area contributed by atoms with Crippen LogP contribution in [-0.4, -0.2) is 21.9 Å². The molecule has 6 rings (SSSR count). The van der Waals surface area contributed by atoms with Crippen LogP contribution in [0.5, 0.6) is 11.5 Å². The zero-order valence-electron chi connectivity index (χ0n) is 18.1. The number of nitrogens with zero attached hydrogens (tertiary/aromatic N) is 3. The number of hydrogen-bond acceptors (Lipinski definition) is 5. The van der Waals surface area contributed by atoms with Crippen molar-refractivity contribution in [3.8, 4) is 11.5 Å². The first-order valence-electron chi connectivity index (χ1n) is 10.7. The number of aryl methyl sites for hydroxylation is 1. The summed E-state index contributed by atoms with van der Waals surface area (Å²) >= 11 is 3.64. The molecule has 2 atom stereocenters. The van der Waals surface area contributed by atoms with Gasteiger partial charge in [0, 0.05) is 11.1 Å². The zero-order valence-corrected chi connectivity index (χ0v) is 19.7. The molecule has 0 saturated carbocycles. The summed E-state index contributed by atoms with van der Waals surface area (Å²) in [4.78, 5) is 4.49. The van der Waals surface area contributed by atoms with Gasteiger partial charge in [-0.2, -0.15) is 10.1 Å². The first kappa shape index (κ1) is 20.1. The summed E-state index contributed by atoms with van der Waals surface area (Å²) in [5, 5.41) is 8.12. The molecule has 2 aliphatic rings. The summed E-state index contributed by atoms with van der Waals surface area (Å²) in [5.74, 6) is 2.32. The summed E-state index contributed by atoms with van der Waals surface area (Å²) in [5.41, 5.74) is 6.48. The fourth-order valence-corrected chi connectivity index (χ4v) is 5.17. The van der Waals surface area contributed by atoms with Gasteiger partial charge in [0.15, 0.2) is 0 Å². The third kappa shape index (κ3) is 3.23. The molecule has 4 aromatic rings. The Balaban J connectivity index is 1.61. The molecule has 0 spiro atoms. The molecular weight excluding hydrogens is 480 g/mol. The predicted octanol–water partition coefficient (Wildman–Crippen LogP) is 5.92. The molecule has 0 bridgehead atoms. The lowest BCUT2D eigenvalue weighted by atomic mass is 9.84. The van der Waals surface area contributed by atoms with Crippen LogP contribution >= 0.6 is 15.9 Å². The molecule has 6 nitrogen and oxygen atoms in total. The molecule has 1 N–H and O–H groups in total. The highest BCUT2D eigenvalue weighted by atomic mass is 79.9. The fourth-order valence-electron chi connectivity index (χ4n) is 4.61. The van der Waals surface area contributed by atoms with Crippen LogP contribution in [0.4, 0.5) is 5.95 Å². The summed E-state index contributed by atoms with van der Waals surface area (Å²) in [6, 6.07) is 22.6.